The fourth-order valence-electron chi connectivity index (χ4n) is 3.99. The molecule has 2 aromatic heterocycles. The minimum absolute atomic E-state index is 0.274. The van der Waals surface area contributed by atoms with Crippen LogP contribution in [-0.4, -0.2) is 55.7 Å². The van der Waals surface area contributed by atoms with Crippen LogP contribution in [0.3, 0.4) is 0 Å². The predicted octanol–water partition coefficient (Wildman–Crippen LogP) is 0.926. The molecule has 4 rings (SSSR count). The van der Waals surface area contributed by atoms with Gasteiger partial charge in [-0.05, 0) is 25.8 Å². The van der Waals surface area contributed by atoms with E-state index in [2.05, 4.69) is 31.4 Å². The van der Waals surface area contributed by atoms with E-state index in [0.29, 0.717) is 11.8 Å². The molecule has 2 aliphatic heterocycles. The number of aromatic nitrogens is 5. The number of hydrogen-bond donors (Lipinski definition) is 1. The molecule has 2 saturated heterocycles. The van der Waals surface area contributed by atoms with Crippen molar-refractivity contribution in [3.8, 4) is 0 Å². The molecule has 2 aliphatic rings. The summed E-state index contributed by atoms with van der Waals surface area (Å²) in [6.07, 6.45) is 6.36. The second-order valence-electron chi connectivity index (χ2n) is 6.88. The molecule has 7 heteroatoms. The fraction of sp³-hybridized carbons (Fsp3) is 0.688. The minimum Gasteiger partial charge on any atom is -0.377 e. The lowest BCUT2D eigenvalue weighted by Gasteiger charge is -2.35. The van der Waals surface area contributed by atoms with Gasteiger partial charge in [0.25, 0.3) is 0 Å². The Hall–Kier alpha value is -1.73. The molecule has 2 fully saturated rings. The van der Waals surface area contributed by atoms with Gasteiger partial charge in [-0.1, -0.05) is 0 Å². The Labute approximate surface area is 136 Å². The number of aromatic amines is 1. The topological polar surface area (TPSA) is 71.9 Å². The molecule has 2 aromatic rings. The van der Waals surface area contributed by atoms with Crippen LogP contribution in [0.15, 0.2) is 12.4 Å². The van der Waals surface area contributed by atoms with Crippen LogP contribution >= 0.6 is 0 Å². The molecule has 0 aromatic carbocycles. The summed E-state index contributed by atoms with van der Waals surface area (Å²) in [5, 5.41) is 11.4. The standard InChI is InChI=1S/C16H24N6O/c1-11-18-16(20-19-11)5-15-14-3-4-22(9-13(14)10-23-15)8-12-6-17-21(2)7-12/h6-7,13-15H,3-5,8-10H2,1-2H3,(H,18,19,20)/t13-,14-,15+/m1/s1. The lowest BCUT2D eigenvalue weighted by molar-refractivity contribution is 0.0834. The summed E-state index contributed by atoms with van der Waals surface area (Å²) in [4.78, 5) is 6.95. The third-order valence-corrected chi connectivity index (χ3v) is 5.07. The number of fused-ring (bicyclic) bond motifs is 1. The first-order valence-electron chi connectivity index (χ1n) is 8.37. The molecule has 124 valence electrons. The summed E-state index contributed by atoms with van der Waals surface area (Å²) in [6.45, 7) is 6.03. The van der Waals surface area contributed by atoms with Crippen molar-refractivity contribution in [2.24, 2.45) is 18.9 Å². The van der Waals surface area contributed by atoms with Gasteiger partial charge < -0.3 is 4.74 Å². The first-order chi connectivity index (χ1) is 11.2. The highest BCUT2D eigenvalue weighted by Crippen LogP contribution is 2.35. The number of rotatable bonds is 4. The number of nitrogens with zero attached hydrogens (tertiary/aromatic N) is 5. The van der Waals surface area contributed by atoms with Gasteiger partial charge in [0.15, 0.2) is 5.82 Å². The highest BCUT2D eigenvalue weighted by atomic mass is 16.5. The lowest BCUT2D eigenvalue weighted by atomic mass is 9.83. The summed E-state index contributed by atoms with van der Waals surface area (Å²) in [7, 11) is 1.97. The average molecular weight is 316 g/mol. The van der Waals surface area contributed by atoms with Crippen molar-refractivity contribution in [1.29, 1.82) is 0 Å². The van der Waals surface area contributed by atoms with Gasteiger partial charge >= 0.3 is 0 Å². The Morgan fingerprint density at radius 3 is 3.09 bits per heavy atom. The SMILES string of the molecule is Cc1nc(C[C@@H]2OC[C@H]3CN(Cc4cnn(C)c4)CC[C@H]32)n[nH]1. The number of aryl methyl sites for hydroxylation is 2. The predicted molar refractivity (Wildman–Crippen MR) is 84.6 cm³/mol. The van der Waals surface area contributed by atoms with E-state index in [9.17, 15) is 0 Å². The van der Waals surface area contributed by atoms with Gasteiger partial charge in [-0.3, -0.25) is 14.7 Å². The lowest BCUT2D eigenvalue weighted by Crippen LogP contribution is -2.41. The number of nitrogens with one attached hydrogen (secondary N) is 1. The Balaban J connectivity index is 1.35. The first kappa shape index (κ1) is 14.8. The van der Waals surface area contributed by atoms with Crippen molar-refractivity contribution in [3.63, 3.8) is 0 Å². The summed E-state index contributed by atoms with van der Waals surface area (Å²) < 4.78 is 7.95. The van der Waals surface area contributed by atoms with Gasteiger partial charge in [-0.25, -0.2) is 4.98 Å². The molecule has 0 unspecified atom stereocenters. The zero-order chi connectivity index (χ0) is 15.8. The number of piperidine rings is 1. The van der Waals surface area contributed by atoms with E-state index in [1.165, 1.54) is 12.0 Å². The highest BCUT2D eigenvalue weighted by Gasteiger charge is 2.41. The molecule has 7 nitrogen and oxygen atoms in total. The summed E-state index contributed by atoms with van der Waals surface area (Å²) >= 11 is 0. The second kappa shape index (κ2) is 6.05. The van der Waals surface area contributed by atoms with Crippen molar-refractivity contribution in [2.75, 3.05) is 19.7 Å². The van der Waals surface area contributed by atoms with Gasteiger partial charge in [-0.2, -0.15) is 10.2 Å². The van der Waals surface area contributed by atoms with Gasteiger partial charge in [0, 0.05) is 44.2 Å². The molecule has 4 heterocycles. The zero-order valence-electron chi connectivity index (χ0n) is 13.8. The molecule has 1 N–H and O–H groups in total. The van der Waals surface area contributed by atoms with Gasteiger partial charge in [0.2, 0.25) is 0 Å². The molecule has 0 aliphatic carbocycles. The van der Waals surface area contributed by atoms with Gasteiger partial charge in [0.1, 0.15) is 5.82 Å². The third kappa shape index (κ3) is 3.16. The van der Waals surface area contributed by atoms with E-state index >= 15 is 0 Å². The number of ether oxygens (including phenoxy) is 1. The van der Waals surface area contributed by atoms with E-state index in [-0.39, 0.29) is 6.10 Å². The van der Waals surface area contributed by atoms with Crippen molar-refractivity contribution < 1.29 is 4.74 Å². The number of H-pyrrole nitrogens is 1. The highest BCUT2D eigenvalue weighted by molar-refractivity contribution is 5.04. The van der Waals surface area contributed by atoms with Crippen LogP contribution in [0.1, 0.15) is 23.6 Å². The summed E-state index contributed by atoms with van der Waals surface area (Å²) in [5.41, 5.74) is 1.29. The van der Waals surface area contributed by atoms with Crippen LogP contribution in [0, 0.1) is 18.8 Å². The van der Waals surface area contributed by atoms with Crippen molar-refractivity contribution in [1.82, 2.24) is 29.9 Å². The molecule has 0 radical (unpaired) electrons. The molecule has 0 bridgehead atoms. The molecular weight excluding hydrogens is 292 g/mol. The molecule has 23 heavy (non-hydrogen) atoms. The molecule has 0 spiro atoms. The minimum atomic E-state index is 0.274. The largest absolute Gasteiger partial charge is 0.377 e. The Bertz CT molecular complexity index is 665. The van der Waals surface area contributed by atoms with Crippen LogP contribution in [0.5, 0.6) is 0 Å². The maximum atomic E-state index is 6.08. The summed E-state index contributed by atoms with van der Waals surface area (Å²) in [5.74, 6) is 3.02. The van der Waals surface area contributed by atoms with E-state index in [1.807, 2.05) is 24.9 Å². The maximum absolute atomic E-state index is 6.08. The normalized spacial score (nSPS) is 28.2. The van der Waals surface area contributed by atoms with Crippen molar-refractivity contribution in [2.45, 2.75) is 32.4 Å². The third-order valence-electron chi connectivity index (χ3n) is 5.07. The fourth-order valence-corrected chi connectivity index (χ4v) is 3.99. The van der Waals surface area contributed by atoms with Crippen LogP contribution < -0.4 is 0 Å². The Kier molecular flexibility index (Phi) is 3.90. The smallest absolute Gasteiger partial charge is 0.153 e. The number of likely N-dealkylation sites (tertiary alicyclic amines) is 1. The van der Waals surface area contributed by atoms with Crippen molar-refractivity contribution >= 4 is 0 Å². The van der Waals surface area contributed by atoms with Crippen molar-refractivity contribution in [3.05, 3.63) is 29.6 Å². The Morgan fingerprint density at radius 2 is 2.35 bits per heavy atom. The number of hydrogen-bond acceptors (Lipinski definition) is 5. The van der Waals surface area contributed by atoms with E-state index in [1.54, 1.807) is 0 Å². The van der Waals surface area contributed by atoms with Gasteiger partial charge in [-0.15, -0.1) is 0 Å². The van der Waals surface area contributed by atoms with E-state index in [0.717, 1.165) is 44.3 Å². The molecule has 0 amide bonds. The Morgan fingerprint density at radius 1 is 1.43 bits per heavy atom. The van der Waals surface area contributed by atoms with Crippen LogP contribution in [0.25, 0.3) is 0 Å². The molecular formula is C16H24N6O. The molecule has 0 saturated carbocycles. The quantitative estimate of drug-likeness (QED) is 0.908. The monoisotopic (exact) mass is 316 g/mol. The maximum Gasteiger partial charge on any atom is 0.153 e. The van der Waals surface area contributed by atoms with Gasteiger partial charge in [0.05, 0.1) is 18.9 Å². The zero-order valence-corrected chi connectivity index (χ0v) is 13.8. The first-order valence-corrected chi connectivity index (χ1v) is 8.37. The molecule has 3 atom stereocenters. The summed E-state index contributed by atoms with van der Waals surface area (Å²) in [6, 6.07) is 0. The second-order valence-corrected chi connectivity index (χ2v) is 6.88. The van der Waals surface area contributed by atoms with Crippen LogP contribution in [-0.2, 0) is 24.8 Å². The average Bonchev–Trinajstić information content (AvgIpc) is 3.22. The van der Waals surface area contributed by atoms with E-state index in [4.69, 9.17) is 4.74 Å². The van der Waals surface area contributed by atoms with Crippen LogP contribution in [0.4, 0.5) is 0 Å². The van der Waals surface area contributed by atoms with E-state index < -0.39 is 0 Å². The van der Waals surface area contributed by atoms with Crippen LogP contribution in [0.2, 0.25) is 0 Å².